The minimum atomic E-state index is -0.876. The number of fused-ring (bicyclic) bond motifs is 1. The number of piperidine rings is 1. The lowest BCUT2D eigenvalue weighted by atomic mass is 9.90. The van der Waals surface area contributed by atoms with Crippen molar-refractivity contribution < 1.29 is 15.3 Å². The number of rotatable bonds is 3. The number of likely N-dealkylation sites (N-methyl/N-ethyl adjacent to an activating group) is 1. The second-order valence-electron chi connectivity index (χ2n) is 5.12. The van der Waals surface area contributed by atoms with Crippen LogP contribution in [-0.4, -0.2) is 82.2 Å². The molecule has 2 unspecified atom stereocenters. The van der Waals surface area contributed by atoms with Crippen molar-refractivity contribution in [2.24, 2.45) is 0 Å². The van der Waals surface area contributed by atoms with Crippen molar-refractivity contribution in [2.75, 3.05) is 26.7 Å². The van der Waals surface area contributed by atoms with Crippen LogP contribution in [0, 0.1) is 0 Å². The minimum absolute atomic E-state index is 0.107. The monoisotopic (exact) mass is 242 g/mol. The average Bonchev–Trinajstić information content (AvgIpc) is 2.65. The lowest BCUT2D eigenvalue weighted by molar-refractivity contribution is -0.120. The molecule has 5 atom stereocenters. The molecule has 0 bridgehead atoms. The molecular weight excluding hydrogens is 220 g/mol. The molecule has 17 heavy (non-hydrogen) atoms. The smallest absolute Gasteiger partial charge is 0.0994 e. The van der Waals surface area contributed by atoms with Crippen LogP contribution < -0.4 is 0 Å². The molecule has 0 radical (unpaired) electrons. The highest BCUT2D eigenvalue weighted by Crippen LogP contribution is 2.29. The summed E-state index contributed by atoms with van der Waals surface area (Å²) >= 11 is 0. The van der Waals surface area contributed by atoms with E-state index in [4.69, 9.17) is 0 Å². The predicted molar refractivity (Wildman–Crippen MR) is 64.6 cm³/mol. The zero-order chi connectivity index (χ0) is 12.6. The Bertz CT molecular complexity index is 287. The third-order valence-electron chi connectivity index (χ3n) is 4.03. The Balaban J connectivity index is 2.10. The van der Waals surface area contributed by atoms with Crippen LogP contribution in [0.15, 0.2) is 12.7 Å². The van der Waals surface area contributed by atoms with Crippen LogP contribution in [0.5, 0.6) is 0 Å². The van der Waals surface area contributed by atoms with Crippen LogP contribution in [0.4, 0.5) is 0 Å². The van der Waals surface area contributed by atoms with Gasteiger partial charge < -0.3 is 15.3 Å². The molecule has 2 aliphatic heterocycles. The molecule has 0 aromatic rings. The maximum absolute atomic E-state index is 10.1. The summed E-state index contributed by atoms with van der Waals surface area (Å²) in [6.07, 6.45) is 0.244. The van der Waals surface area contributed by atoms with Crippen LogP contribution in [0.3, 0.4) is 0 Å². The summed E-state index contributed by atoms with van der Waals surface area (Å²) in [6.45, 7) is 5.83. The van der Waals surface area contributed by atoms with Crippen molar-refractivity contribution in [2.45, 2.75) is 36.8 Å². The van der Waals surface area contributed by atoms with Crippen molar-refractivity contribution in [3.8, 4) is 0 Å². The van der Waals surface area contributed by atoms with Gasteiger partial charge in [0, 0.05) is 19.6 Å². The van der Waals surface area contributed by atoms with E-state index in [0.29, 0.717) is 19.5 Å². The van der Waals surface area contributed by atoms with Crippen molar-refractivity contribution >= 4 is 0 Å². The van der Waals surface area contributed by atoms with Gasteiger partial charge in [-0.3, -0.25) is 9.80 Å². The molecule has 3 N–H and O–H groups in total. The van der Waals surface area contributed by atoms with E-state index in [0.717, 1.165) is 6.54 Å². The number of hydrogen-bond donors (Lipinski definition) is 3. The predicted octanol–water partition coefficient (Wildman–Crippen LogP) is -1.36. The van der Waals surface area contributed by atoms with Crippen LogP contribution >= 0.6 is 0 Å². The van der Waals surface area contributed by atoms with Crippen molar-refractivity contribution in [3.05, 3.63) is 12.7 Å². The Morgan fingerprint density at radius 3 is 2.71 bits per heavy atom. The first kappa shape index (κ1) is 13.0. The molecule has 2 saturated heterocycles. The van der Waals surface area contributed by atoms with Crippen molar-refractivity contribution in [1.29, 1.82) is 0 Å². The summed E-state index contributed by atoms with van der Waals surface area (Å²) in [5.74, 6) is 0. The molecule has 2 aliphatic rings. The van der Waals surface area contributed by atoms with E-state index in [-0.39, 0.29) is 12.1 Å². The van der Waals surface area contributed by atoms with Gasteiger partial charge >= 0.3 is 0 Å². The molecule has 2 heterocycles. The topological polar surface area (TPSA) is 67.2 Å². The van der Waals surface area contributed by atoms with Crippen LogP contribution in [0.2, 0.25) is 0 Å². The zero-order valence-electron chi connectivity index (χ0n) is 10.2. The van der Waals surface area contributed by atoms with Gasteiger partial charge in [-0.15, -0.1) is 6.58 Å². The SMILES string of the molecule is C=CCN(C)[C@H]1CN2CCC(O)C2[C@@H](O)[C@@H]1O. The zero-order valence-corrected chi connectivity index (χ0v) is 10.2. The van der Waals surface area contributed by atoms with Gasteiger partial charge in [-0.25, -0.2) is 0 Å². The molecule has 0 aromatic carbocycles. The highest BCUT2D eigenvalue weighted by atomic mass is 16.3. The second-order valence-corrected chi connectivity index (χ2v) is 5.12. The Labute approximate surface area is 102 Å². The van der Waals surface area contributed by atoms with Crippen LogP contribution in [-0.2, 0) is 0 Å². The molecular formula is C12H22N2O3. The fraction of sp³-hybridized carbons (Fsp3) is 0.833. The summed E-state index contributed by atoms with van der Waals surface area (Å²) in [7, 11) is 1.91. The number of hydrogen-bond acceptors (Lipinski definition) is 5. The van der Waals surface area contributed by atoms with Crippen LogP contribution in [0.25, 0.3) is 0 Å². The Hall–Kier alpha value is -0.460. The third kappa shape index (κ3) is 2.26. The summed E-state index contributed by atoms with van der Waals surface area (Å²) in [4.78, 5) is 4.06. The highest BCUT2D eigenvalue weighted by molar-refractivity contribution is 5.04. The molecule has 5 heteroatoms. The maximum Gasteiger partial charge on any atom is 0.0994 e. The molecule has 5 nitrogen and oxygen atoms in total. The summed E-state index contributed by atoms with van der Waals surface area (Å²) in [5.41, 5.74) is 0. The largest absolute Gasteiger partial charge is 0.391 e. The number of aliphatic hydroxyl groups excluding tert-OH is 3. The Morgan fingerprint density at radius 2 is 2.06 bits per heavy atom. The van der Waals surface area contributed by atoms with E-state index in [1.807, 2.05) is 11.9 Å². The first-order chi connectivity index (χ1) is 8.06. The van der Waals surface area contributed by atoms with Gasteiger partial charge in [0.05, 0.1) is 30.4 Å². The van der Waals surface area contributed by atoms with E-state index < -0.39 is 18.3 Å². The first-order valence-electron chi connectivity index (χ1n) is 6.15. The molecule has 0 spiro atoms. The average molecular weight is 242 g/mol. The first-order valence-corrected chi connectivity index (χ1v) is 6.15. The van der Waals surface area contributed by atoms with E-state index in [9.17, 15) is 15.3 Å². The van der Waals surface area contributed by atoms with E-state index in [1.54, 1.807) is 6.08 Å². The van der Waals surface area contributed by atoms with E-state index in [1.165, 1.54) is 0 Å². The van der Waals surface area contributed by atoms with Gasteiger partial charge in [0.25, 0.3) is 0 Å². The molecule has 2 fully saturated rings. The lowest BCUT2D eigenvalue weighted by Crippen LogP contribution is -2.65. The number of nitrogens with zero attached hydrogens (tertiary/aromatic N) is 2. The van der Waals surface area contributed by atoms with Gasteiger partial charge in [-0.05, 0) is 13.5 Å². The molecule has 0 saturated carbocycles. The fourth-order valence-corrected chi connectivity index (χ4v) is 3.03. The van der Waals surface area contributed by atoms with E-state index >= 15 is 0 Å². The second kappa shape index (κ2) is 5.04. The van der Waals surface area contributed by atoms with Gasteiger partial charge in [0.1, 0.15) is 0 Å². The summed E-state index contributed by atoms with van der Waals surface area (Å²) in [5, 5.41) is 30.0. The van der Waals surface area contributed by atoms with Gasteiger partial charge in [0.2, 0.25) is 0 Å². The molecule has 2 rings (SSSR count). The maximum atomic E-state index is 10.1. The molecule has 98 valence electrons. The molecule has 0 amide bonds. The Kier molecular flexibility index (Phi) is 3.85. The summed E-state index contributed by atoms with van der Waals surface area (Å²) in [6, 6.07) is -0.414. The van der Waals surface area contributed by atoms with Crippen molar-refractivity contribution in [1.82, 2.24) is 9.80 Å². The van der Waals surface area contributed by atoms with E-state index in [2.05, 4.69) is 11.5 Å². The minimum Gasteiger partial charge on any atom is -0.391 e. The Morgan fingerprint density at radius 1 is 1.35 bits per heavy atom. The fourth-order valence-electron chi connectivity index (χ4n) is 3.03. The lowest BCUT2D eigenvalue weighted by Gasteiger charge is -2.45. The third-order valence-corrected chi connectivity index (χ3v) is 4.03. The highest BCUT2D eigenvalue weighted by Gasteiger charge is 2.48. The molecule has 0 aromatic heterocycles. The van der Waals surface area contributed by atoms with Crippen LogP contribution in [0.1, 0.15) is 6.42 Å². The molecule has 0 aliphatic carbocycles. The van der Waals surface area contributed by atoms with Crippen molar-refractivity contribution in [3.63, 3.8) is 0 Å². The number of aliphatic hydroxyl groups is 3. The quantitative estimate of drug-likeness (QED) is 0.534. The standard InChI is InChI=1S/C12H22N2O3/c1-3-5-13(2)8-7-14-6-4-9(15)10(14)12(17)11(8)16/h3,8-12,15-17H,1,4-7H2,2H3/t8-,9?,10?,11+,12+/m0/s1. The summed E-state index contributed by atoms with van der Waals surface area (Å²) < 4.78 is 0. The van der Waals surface area contributed by atoms with Gasteiger partial charge in [0.15, 0.2) is 0 Å². The van der Waals surface area contributed by atoms with Gasteiger partial charge in [-0.1, -0.05) is 6.08 Å². The van der Waals surface area contributed by atoms with Gasteiger partial charge in [-0.2, -0.15) is 0 Å². The normalized spacial score (nSPS) is 42.8.